The van der Waals surface area contributed by atoms with E-state index in [0.717, 1.165) is 0 Å². The molecule has 0 atom stereocenters. The van der Waals surface area contributed by atoms with E-state index in [9.17, 15) is 19.2 Å². The number of hydrogen-bond donors (Lipinski definition) is 4. The second kappa shape index (κ2) is 8.77. The molecule has 1 heterocycles. The van der Waals surface area contributed by atoms with Gasteiger partial charge in [-0.3, -0.25) is 29.0 Å². The molecule has 142 valence electrons. The van der Waals surface area contributed by atoms with Crippen LogP contribution in [0, 0.1) is 11.3 Å². The van der Waals surface area contributed by atoms with Crippen molar-refractivity contribution in [1.82, 2.24) is 9.80 Å². The van der Waals surface area contributed by atoms with Crippen LogP contribution in [0.4, 0.5) is 0 Å². The van der Waals surface area contributed by atoms with E-state index in [4.69, 9.17) is 20.4 Å². The summed E-state index contributed by atoms with van der Waals surface area (Å²) in [5.74, 6) is -5.16. The van der Waals surface area contributed by atoms with Crippen molar-refractivity contribution < 1.29 is 39.6 Å². The Bertz CT molecular complexity index is 494. The zero-order valence-corrected chi connectivity index (χ0v) is 14.1. The van der Waals surface area contributed by atoms with Crippen molar-refractivity contribution in [3.05, 3.63) is 0 Å². The third-order valence-corrected chi connectivity index (χ3v) is 4.45. The van der Waals surface area contributed by atoms with Gasteiger partial charge in [-0.15, -0.1) is 0 Å². The van der Waals surface area contributed by atoms with Gasteiger partial charge in [-0.2, -0.15) is 0 Å². The molecular weight excluding hydrogens is 336 g/mol. The van der Waals surface area contributed by atoms with Crippen molar-refractivity contribution in [2.24, 2.45) is 11.3 Å². The molecular formula is C15H24N2O8. The molecule has 0 spiro atoms. The lowest BCUT2D eigenvalue weighted by Gasteiger charge is -2.39. The maximum absolute atomic E-state index is 11.2. The van der Waals surface area contributed by atoms with Gasteiger partial charge >= 0.3 is 23.9 Å². The summed E-state index contributed by atoms with van der Waals surface area (Å²) >= 11 is 0. The van der Waals surface area contributed by atoms with E-state index >= 15 is 0 Å². The minimum atomic E-state index is -1.15. The van der Waals surface area contributed by atoms with Gasteiger partial charge in [0, 0.05) is 39.0 Å². The topological polar surface area (TPSA) is 156 Å². The number of carboxylic acids is 4. The summed E-state index contributed by atoms with van der Waals surface area (Å²) in [6.07, 6.45) is -0.769. The average Bonchev–Trinajstić information content (AvgIpc) is 2.55. The van der Waals surface area contributed by atoms with Gasteiger partial charge in [0.1, 0.15) is 0 Å². The predicted molar refractivity (Wildman–Crippen MR) is 84.3 cm³/mol. The number of rotatable bonds is 9. The smallest absolute Gasteiger partial charge is 0.317 e. The maximum atomic E-state index is 11.2. The lowest BCUT2D eigenvalue weighted by Crippen LogP contribution is -2.46. The van der Waals surface area contributed by atoms with Crippen molar-refractivity contribution in [3.63, 3.8) is 0 Å². The summed E-state index contributed by atoms with van der Waals surface area (Å²) in [6.45, 7) is 2.12. The maximum Gasteiger partial charge on any atom is 0.317 e. The highest BCUT2D eigenvalue weighted by Crippen LogP contribution is 2.36. The molecule has 0 amide bonds. The zero-order chi connectivity index (χ0) is 19.2. The third-order valence-electron chi connectivity index (χ3n) is 4.45. The van der Waals surface area contributed by atoms with E-state index in [0.29, 0.717) is 13.1 Å². The van der Waals surface area contributed by atoms with Gasteiger partial charge in [-0.05, 0) is 11.3 Å². The normalized spacial score (nSPS) is 18.6. The van der Waals surface area contributed by atoms with Crippen molar-refractivity contribution >= 4 is 23.9 Å². The predicted octanol–water partition coefficient (Wildman–Crippen LogP) is -0.655. The number of carbonyl (C=O) groups is 4. The van der Waals surface area contributed by atoms with E-state index < -0.39 is 35.2 Å². The largest absolute Gasteiger partial charge is 0.481 e. The highest BCUT2D eigenvalue weighted by atomic mass is 16.4. The fourth-order valence-corrected chi connectivity index (χ4v) is 3.41. The Morgan fingerprint density at radius 1 is 0.800 bits per heavy atom. The molecule has 1 saturated heterocycles. The minimum Gasteiger partial charge on any atom is -0.481 e. The summed E-state index contributed by atoms with van der Waals surface area (Å²) in [5.41, 5.74) is -0.877. The summed E-state index contributed by atoms with van der Waals surface area (Å²) in [5, 5.41) is 36.3. The second-order valence-corrected chi connectivity index (χ2v) is 6.76. The highest BCUT2D eigenvalue weighted by molar-refractivity contribution is 5.71. The summed E-state index contributed by atoms with van der Waals surface area (Å²) in [4.78, 5) is 47.6. The van der Waals surface area contributed by atoms with Crippen molar-refractivity contribution in [2.75, 3.05) is 39.3 Å². The van der Waals surface area contributed by atoms with Crippen LogP contribution in [0.25, 0.3) is 0 Å². The van der Waals surface area contributed by atoms with Crippen LogP contribution in [0.5, 0.6) is 0 Å². The monoisotopic (exact) mass is 360 g/mol. The Kier molecular flexibility index (Phi) is 7.31. The van der Waals surface area contributed by atoms with Crippen molar-refractivity contribution in [3.8, 4) is 0 Å². The van der Waals surface area contributed by atoms with E-state index in [2.05, 4.69) is 0 Å². The Hall–Kier alpha value is -2.20. The second-order valence-electron chi connectivity index (χ2n) is 6.76. The Morgan fingerprint density at radius 2 is 1.16 bits per heavy atom. The van der Waals surface area contributed by atoms with Crippen LogP contribution in [-0.2, 0) is 19.2 Å². The summed E-state index contributed by atoms with van der Waals surface area (Å²) in [7, 11) is 0. The molecule has 1 rings (SSSR count). The van der Waals surface area contributed by atoms with Crippen molar-refractivity contribution in [2.45, 2.75) is 19.8 Å². The summed E-state index contributed by atoms with van der Waals surface area (Å²) in [6, 6.07) is 0. The van der Waals surface area contributed by atoms with Crippen LogP contribution in [0.1, 0.15) is 19.8 Å². The highest BCUT2D eigenvalue weighted by Gasteiger charge is 2.42. The molecule has 10 heteroatoms. The van der Waals surface area contributed by atoms with Gasteiger partial charge in [0.05, 0.1) is 13.1 Å². The zero-order valence-electron chi connectivity index (χ0n) is 14.1. The third kappa shape index (κ3) is 7.06. The molecule has 10 nitrogen and oxygen atoms in total. The Labute approximate surface area is 144 Å². The number of aliphatic carboxylic acids is 4. The molecule has 0 bridgehead atoms. The minimum absolute atomic E-state index is 0.181. The van der Waals surface area contributed by atoms with Crippen LogP contribution in [0.2, 0.25) is 0 Å². The first-order valence-electron chi connectivity index (χ1n) is 7.83. The van der Waals surface area contributed by atoms with E-state index in [1.54, 1.807) is 16.7 Å². The molecule has 4 N–H and O–H groups in total. The molecule has 0 unspecified atom stereocenters. The van der Waals surface area contributed by atoms with Crippen LogP contribution >= 0.6 is 0 Å². The van der Waals surface area contributed by atoms with Gasteiger partial charge in [-0.1, -0.05) is 6.92 Å². The van der Waals surface area contributed by atoms with Crippen LogP contribution in [-0.4, -0.2) is 93.4 Å². The molecule has 0 aliphatic carbocycles. The standard InChI is InChI=1S/C15H24N2O8/c1-15(10(4-11(18)19)5-12(20)21)8-16(6-13(22)23)2-3-17(9-15)7-14(24)25/h10H,2-9H2,1H3,(H,18,19)(H,20,21)(H,22,23)(H,24,25). The Balaban J connectivity index is 3.12. The van der Waals surface area contributed by atoms with Crippen LogP contribution < -0.4 is 0 Å². The average molecular weight is 360 g/mol. The van der Waals surface area contributed by atoms with Crippen LogP contribution in [0.3, 0.4) is 0 Å². The van der Waals surface area contributed by atoms with E-state index in [1.807, 2.05) is 0 Å². The van der Waals surface area contributed by atoms with Gasteiger partial charge in [0.15, 0.2) is 0 Å². The number of nitrogens with zero attached hydrogens (tertiary/aromatic N) is 2. The SMILES string of the molecule is CC1(C(CC(=O)O)CC(=O)O)CN(CC(=O)O)CCN(CC(=O)O)C1. The molecule has 25 heavy (non-hydrogen) atoms. The fourth-order valence-electron chi connectivity index (χ4n) is 3.41. The molecule has 0 aromatic carbocycles. The molecule has 0 radical (unpaired) electrons. The van der Waals surface area contributed by atoms with Gasteiger partial charge < -0.3 is 20.4 Å². The van der Waals surface area contributed by atoms with Gasteiger partial charge in [-0.25, -0.2) is 0 Å². The fraction of sp³-hybridized carbons (Fsp3) is 0.733. The number of hydrogen-bond acceptors (Lipinski definition) is 6. The van der Waals surface area contributed by atoms with E-state index in [-0.39, 0.29) is 39.0 Å². The number of carboxylic acid groups (broad SMARTS) is 4. The van der Waals surface area contributed by atoms with Gasteiger partial charge in [0.2, 0.25) is 0 Å². The summed E-state index contributed by atoms with van der Waals surface area (Å²) < 4.78 is 0. The first-order chi connectivity index (χ1) is 11.5. The lowest BCUT2D eigenvalue weighted by molar-refractivity contribution is -0.145. The van der Waals surface area contributed by atoms with Crippen LogP contribution in [0.15, 0.2) is 0 Å². The first kappa shape index (κ1) is 20.8. The molecule has 0 aromatic heterocycles. The molecule has 1 aliphatic rings. The lowest BCUT2D eigenvalue weighted by atomic mass is 9.72. The Morgan fingerprint density at radius 3 is 1.44 bits per heavy atom. The van der Waals surface area contributed by atoms with E-state index in [1.165, 1.54) is 0 Å². The molecule has 0 saturated carbocycles. The molecule has 1 fully saturated rings. The molecule has 0 aromatic rings. The van der Waals surface area contributed by atoms with Crippen molar-refractivity contribution in [1.29, 1.82) is 0 Å². The quantitative estimate of drug-likeness (QED) is 0.416. The van der Waals surface area contributed by atoms with Gasteiger partial charge in [0.25, 0.3) is 0 Å². The first-order valence-corrected chi connectivity index (χ1v) is 7.83. The molecule has 1 aliphatic heterocycles.